The second-order valence-corrected chi connectivity index (χ2v) is 10.6. The lowest BCUT2D eigenvalue weighted by Crippen LogP contribution is -2.44. The van der Waals surface area contributed by atoms with Crippen molar-refractivity contribution in [2.75, 3.05) is 0 Å². The number of fused-ring (bicyclic) bond motifs is 2. The largest absolute Gasteiger partial charge is 0.451 e. The van der Waals surface area contributed by atoms with Gasteiger partial charge >= 0.3 is 0 Å². The van der Waals surface area contributed by atoms with Crippen LogP contribution < -0.4 is 0 Å². The van der Waals surface area contributed by atoms with Gasteiger partial charge in [0.05, 0.1) is 5.60 Å². The van der Waals surface area contributed by atoms with Gasteiger partial charge in [-0.05, 0) is 35.6 Å². The average Bonchev–Trinajstić information content (AvgIpc) is 2.70. The molecule has 136 valence electrons. The van der Waals surface area contributed by atoms with Crippen molar-refractivity contribution in [3.8, 4) is 0 Å². The summed E-state index contributed by atoms with van der Waals surface area (Å²) in [5, 5.41) is 0. The zero-order chi connectivity index (χ0) is 19.4. The summed E-state index contributed by atoms with van der Waals surface area (Å²) >= 11 is 0. The Balaban J connectivity index is 0.000000260. The SMILES string of the molecule is C=C[Si](C=C)O[Si].CC1c2ccccc2C1(C)O[Si]C1Cc2ccccc21. The lowest BCUT2D eigenvalue weighted by atomic mass is 9.66. The summed E-state index contributed by atoms with van der Waals surface area (Å²) in [4.78, 5) is 0. The van der Waals surface area contributed by atoms with Crippen LogP contribution in [0.25, 0.3) is 0 Å². The highest BCUT2D eigenvalue weighted by Gasteiger charge is 2.46. The maximum atomic E-state index is 6.39. The summed E-state index contributed by atoms with van der Waals surface area (Å²) in [5.41, 5.74) is 9.84. The van der Waals surface area contributed by atoms with Crippen molar-refractivity contribution in [2.24, 2.45) is 0 Å². The van der Waals surface area contributed by atoms with Gasteiger partial charge in [-0.25, -0.2) is 0 Å². The van der Waals surface area contributed by atoms with Crippen molar-refractivity contribution >= 4 is 29.3 Å². The third-order valence-electron chi connectivity index (χ3n) is 5.58. The zero-order valence-corrected chi connectivity index (χ0v) is 18.9. The summed E-state index contributed by atoms with van der Waals surface area (Å²) in [6, 6.07) is 17.4. The molecule has 2 aromatic rings. The molecule has 6 radical (unpaired) electrons. The number of benzene rings is 2. The molecule has 2 aliphatic carbocycles. The van der Waals surface area contributed by atoms with E-state index in [1.54, 1.807) is 11.4 Å². The Hall–Kier alpha value is -1.51. The highest BCUT2D eigenvalue weighted by atomic mass is 28.3. The van der Waals surface area contributed by atoms with Crippen molar-refractivity contribution in [1.29, 1.82) is 0 Å². The molecule has 2 nitrogen and oxygen atoms in total. The van der Waals surface area contributed by atoms with Gasteiger partial charge in [-0.15, -0.1) is 13.2 Å². The van der Waals surface area contributed by atoms with Crippen LogP contribution in [-0.4, -0.2) is 29.3 Å². The van der Waals surface area contributed by atoms with E-state index in [2.05, 4.69) is 86.0 Å². The van der Waals surface area contributed by atoms with E-state index in [-0.39, 0.29) is 5.60 Å². The summed E-state index contributed by atoms with van der Waals surface area (Å²) in [7, 11) is 2.53. The van der Waals surface area contributed by atoms with Crippen LogP contribution in [-0.2, 0) is 20.6 Å². The molecule has 4 rings (SSSR count). The predicted octanol–water partition coefficient (Wildman–Crippen LogP) is 4.48. The Labute approximate surface area is 170 Å². The quantitative estimate of drug-likeness (QED) is 0.661. The summed E-state index contributed by atoms with van der Waals surface area (Å²) in [6.07, 6.45) is 1.18. The Morgan fingerprint density at radius 3 is 2.33 bits per heavy atom. The number of hydrogen-bond acceptors (Lipinski definition) is 2. The van der Waals surface area contributed by atoms with Crippen LogP contribution in [0.4, 0.5) is 0 Å². The molecule has 2 aliphatic rings. The van der Waals surface area contributed by atoms with Crippen molar-refractivity contribution < 1.29 is 8.54 Å². The molecule has 3 atom stereocenters. The van der Waals surface area contributed by atoms with Gasteiger partial charge in [0.2, 0.25) is 20.2 Å². The Morgan fingerprint density at radius 2 is 1.74 bits per heavy atom. The summed E-state index contributed by atoms with van der Waals surface area (Å²) in [5.74, 6) is 0.501. The lowest BCUT2D eigenvalue weighted by molar-refractivity contribution is 0.0339. The van der Waals surface area contributed by atoms with E-state index in [1.807, 2.05) is 0 Å². The second kappa shape index (κ2) is 8.67. The van der Waals surface area contributed by atoms with Gasteiger partial charge in [0, 0.05) is 11.5 Å². The Bertz CT molecular complexity index is 815. The molecule has 0 aliphatic heterocycles. The molecule has 5 heteroatoms. The summed E-state index contributed by atoms with van der Waals surface area (Å²) in [6.45, 7) is 11.6. The van der Waals surface area contributed by atoms with Crippen LogP contribution >= 0.6 is 0 Å². The Morgan fingerprint density at radius 1 is 1.11 bits per heavy atom. The normalized spacial score (nSPS) is 24.4. The lowest BCUT2D eigenvalue weighted by Gasteiger charge is -2.48. The molecule has 0 bridgehead atoms. The van der Waals surface area contributed by atoms with Crippen LogP contribution in [0.2, 0.25) is 0 Å². The Kier molecular flexibility index (Phi) is 6.49. The molecule has 0 spiro atoms. The molecule has 0 N–H and O–H groups in total. The van der Waals surface area contributed by atoms with Gasteiger partial charge in [-0.1, -0.05) is 66.9 Å². The van der Waals surface area contributed by atoms with E-state index in [0.717, 1.165) is 0 Å². The number of rotatable bonds is 6. The van der Waals surface area contributed by atoms with Crippen LogP contribution in [0.5, 0.6) is 0 Å². The first-order chi connectivity index (χ1) is 13.0. The van der Waals surface area contributed by atoms with Gasteiger partial charge in [-0.3, -0.25) is 0 Å². The molecule has 0 saturated carbocycles. The molecule has 2 aromatic carbocycles. The van der Waals surface area contributed by atoms with Crippen LogP contribution in [0.1, 0.15) is 47.6 Å². The zero-order valence-electron chi connectivity index (χ0n) is 15.9. The first-order valence-electron chi connectivity index (χ1n) is 9.11. The average molecular weight is 405 g/mol. The van der Waals surface area contributed by atoms with Crippen molar-refractivity contribution in [1.82, 2.24) is 0 Å². The van der Waals surface area contributed by atoms with E-state index < -0.39 is 9.04 Å². The third kappa shape index (κ3) is 3.88. The minimum absolute atomic E-state index is 0.0838. The monoisotopic (exact) mass is 404 g/mol. The van der Waals surface area contributed by atoms with Crippen LogP contribution in [0.3, 0.4) is 0 Å². The molecular formula is C22H24O2Si3. The molecule has 0 saturated heterocycles. The van der Waals surface area contributed by atoms with E-state index >= 15 is 0 Å². The molecule has 0 amide bonds. The molecule has 0 aromatic heterocycles. The fraction of sp³-hybridized carbons (Fsp3) is 0.273. The smallest absolute Gasteiger partial charge is 0.254 e. The highest BCUT2D eigenvalue weighted by molar-refractivity contribution is 6.65. The van der Waals surface area contributed by atoms with Crippen LogP contribution in [0, 0.1) is 0 Å². The second-order valence-electron chi connectivity index (χ2n) is 7.00. The molecular weight excluding hydrogens is 380 g/mol. The topological polar surface area (TPSA) is 18.5 Å². The van der Waals surface area contributed by atoms with Crippen molar-refractivity contribution in [3.05, 3.63) is 95.3 Å². The fourth-order valence-corrected chi connectivity index (χ4v) is 5.87. The fourth-order valence-electron chi connectivity index (χ4n) is 3.65. The molecule has 27 heavy (non-hydrogen) atoms. The van der Waals surface area contributed by atoms with Gasteiger partial charge in [-0.2, -0.15) is 0 Å². The highest BCUT2D eigenvalue weighted by Crippen LogP contribution is 2.52. The third-order valence-corrected chi connectivity index (χ3v) is 8.67. The first-order valence-corrected chi connectivity index (χ1v) is 12.1. The van der Waals surface area contributed by atoms with Gasteiger partial charge in [0.25, 0.3) is 9.04 Å². The van der Waals surface area contributed by atoms with Crippen molar-refractivity contribution in [3.63, 3.8) is 0 Å². The summed E-state index contributed by atoms with van der Waals surface area (Å²) < 4.78 is 11.1. The molecule has 3 unspecified atom stereocenters. The maximum absolute atomic E-state index is 6.39. The predicted molar refractivity (Wildman–Crippen MR) is 115 cm³/mol. The first kappa shape index (κ1) is 20.2. The minimum Gasteiger partial charge on any atom is -0.451 e. The van der Waals surface area contributed by atoms with E-state index in [0.29, 0.717) is 21.2 Å². The maximum Gasteiger partial charge on any atom is 0.254 e. The van der Waals surface area contributed by atoms with Gasteiger partial charge in [0.1, 0.15) is 0 Å². The molecule has 0 heterocycles. The molecule has 0 fully saturated rings. The van der Waals surface area contributed by atoms with E-state index in [9.17, 15) is 0 Å². The van der Waals surface area contributed by atoms with E-state index in [1.165, 1.54) is 28.7 Å². The van der Waals surface area contributed by atoms with Gasteiger partial charge in [0.15, 0.2) is 0 Å². The van der Waals surface area contributed by atoms with Crippen LogP contribution in [0.15, 0.2) is 73.1 Å². The number of hydrogen-bond donors (Lipinski definition) is 0. The minimum atomic E-state index is -0.921. The van der Waals surface area contributed by atoms with E-state index in [4.69, 9.17) is 8.54 Å². The standard InChI is InChI=1S/C18H18OSi.C4H6OSi2/c1-12-14-8-5-6-10-16(14)18(12,2)19-20-17-11-13-7-3-4-9-15(13)17;1-3-7(4-2)5-6/h3-10,12,17H,11H2,1-2H3;3-4H,1-2H2. The van der Waals surface area contributed by atoms with Crippen molar-refractivity contribution in [2.45, 2.75) is 37.3 Å². The van der Waals surface area contributed by atoms with Gasteiger partial charge < -0.3 is 8.54 Å².